The number of para-hydroxylation sites is 2. The van der Waals surface area contributed by atoms with Gasteiger partial charge in [-0.2, -0.15) is 31.5 Å². The molecule has 0 saturated heterocycles. The van der Waals surface area contributed by atoms with Gasteiger partial charge in [0.1, 0.15) is 23.3 Å². The van der Waals surface area contributed by atoms with Crippen LogP contribution >= 0.6 is 0 Å². The van der Waals surface area contributed by atoms with Crippen LogP contribution in [-0.2, 0) is 17.1 Å². The molecule has 0 radical (unpaired) electrons. The number of rotatable bonds is 4. The van der Waals surface area contributed by atoms with E-state index in [4.69, 9.17) is 14.0 Å². The fourth-order valence-corrected chi connectivity index (χ4v) is 3.08. The first-order chi connectivity index (χ1) is 17.6. The molecule has 2 aromatic carbocycles. The summed E-state index contributed by atoms with van der Waals surface area (Å²) in [4.78, 5) is 22.4. The van der Waals surface area contributed by atoms with E-state index in [1.807, 2.05) is 5.16 Å². The number of nitrogens with one attached hydrogen (secondary N) is 2. The molecule has 0 unspecified atom stereocenters. The molecule has 0 saturated carbocycles. The molecular weight excluding hydrogens is 528 g/mol. The van der Waals surface area contributed by atoms with Gasteiger partial charge in [0.25, 0.3) is 11.4 Å². The maximum atomic E-state index is 12.9. The first-order valence-electron chi connectivity index (χ1n) is 10.8. The molecule has 9 nitrogen and oxygen atoms in total. The first-order valence-corrected chi connectivity index (χ1v) is 10.8. The minimum atomic E-state index is -4.55. The Balaban J connectivity index is 0.000000241. The molecule has 0 aliphatic rings. The van der Waals surface area contributed by atoms with E-state index < -0.39 is 46.3 Å². The summed E-state index contributed by atoms with van der Waals surface area (Å²) >= 11 is 0. The Morgan fingerprint density at radius 2 is 1.53 bits per heavy atom. The van der Waals surface area contributed by atoms with Crippen LogP contribution in [0.1, 0.15) is 31.9 Å². The number of fused-ring (bicyclic) bond motifs is 2. The van der Waals surface area contributed by atoms with Crippen molar-refractivity contribution in [3.63, 3.8) is 0 Å². The maximum Gasteiger partial charge on any atom is 0.420 e. The highest BCUT2D eigenvalue weighted by molar-refractivity contribution is 5.85. The van der Waals surface area contributed by atoms with Crippen LogP contribution in [0.4, 0.5) is 31.1 Å². The second kappa shape index (κ2) is 10.7. The van der Waals surface area contributed by atoms with Crippen molar-refractivity contribution >= 4 is 28.0 Å². The Bertz CT molecular complexity index is 1460. The van der Waals surface area contributed by atoms with Crippen molar-refractivity contribution in [3.8, 4) is 5.88 Å². The van der Waals surface area contributed by atoms with Gasteiger partial charge in [0, 0.05) is 0 Å². The fourth-order valence-electron chi connectivity index (χ4n) is 3.08. The number of alkyl carbamates (subject to hydrolysis) is 1. The number of ether oxygens (including phenoxy) is 2. The van der Waals surface area contributed by atoms with Gasteiger partial charge in [-0.15, -0.1) is 0 Å². The van der Waals surface area contributed by atoms with Gasteiger partial charge in [-0.25, -0.2) is 4.79 Å². The van der Waals surface area contributed by atoms with E-state index in [2.05, 4.69) is 15.0 Å². The summed E-state index contributed by atoms with van der Waals surface area (Å²) < 4.78 is 95.1. The molecule has 4 rings (SSSR count). The lowest BCUT2D eigenvalue weighted by Gasteiger charge is -2.19. The number of aromatic amines is 1. The molecule has 1 amide bonds. The van der Waals surface area contributed by atoms with Gasteiger partial charge in [-0.05, 0) is 50.2 Å². The highest BCUT2D eigenvalue weighted by Gasteiger charge is 2.35. The van der Waals surface area contributed by atoms with Crippen molar-refractivity contribution < 1.29 is 49.7 Å². The third kappa shape index (κ3) is 6.98. The summed E-state index contributed by atoms with van der Waals surface area (Å²) in [5.74, 6) is -0.0675. The molecule has 0 atom stereocenters. The summed E-state index contributed by atoms with van der Waals surface area (Å²) in [6, 6.07) is 6.86. The van der Waals surface area contributed by atoms with Crippen molar-refractivity contribution in [3.05, 3.63) is 57.9 Å². The summed E-state index contributed by atoms with van der Waals surface area (Å²) in [6.07, 6.45) is -9.68. The topological polar surface area (TPSA) is 120 Å². The van der Waals surface area contributed by atoms with E-state index in [0.29, 0.717) is 0 Å². The number of nitrogens with zero attached hydrogens (tertiary/aromatic N) is 1. The van der Waals surface area contributed by atoms with Crippen LogP contribution in [0.3, 0.4) is 0 Å². The zero-order valence-corrected chi connectivity index (χ0v) is 20.0. The average Bonchev–Trinajstić information content (AvgIpc) is 3.38. The van der Waals surface area contributed by atoms with Gasteiger partial charge in [0.2, 0.25) is 0 Å². The second-order valence-corrected chi connectivity index (χ2v) is 8.66. The second-order valence-electron chi connectivity index (χ2n) is 8.66. The highest BCUT2D eigenvalue weighted by atomic mass is 19.4. The molecule has 4 aromatic rings. The van der Waals surface area contributed by atoms with Crippen molar-refractivity contribution in [1.82, 2.24) is 15.6 Å². The van der Waals surface area contributed by atoms with E-state index >= 15 is 0 Å². The third-order valence-corrected chi connectivity index (χ3v) is 4.59. The zero-order valence-electron chi connectivity index (χ0n) is 20.0. The van der Waals surface area contributed by atoms with Gasteiger partial charge >= 0.3 is 18.4 Å². The monoisotopic (exact) mass is 549 g/mol. The quantitative estimate of drug-likeness (QED) is 0.241. The number of aromatic nitrogens is 2. The summed E-state index contributed by atoms with van der Waals surface area (Å²) in [5, 5.41) is 7.84. The van der Waals surface area contributed by atoms with Crippen molar-refractivity contribution in [2.45, 2.75) is 38.7 Å². The molecule has 0 aliphatic carbocycles. The van der Waals surface area contributed by atoms with Crippen molar-refractivity contribution in [2.24, 2.45) is 0 Å². The number of benzene rings is 2. The Hall–Kier alpha value is -4.17. The molecular formula is C23H21F6N3O6. The van der Waals surface area contributed by atoms with E-state index in [-0.39, 0.29) is 35.4 Å². The molecule has 0 spiro atoms. The van der Waals surface area contributed by atoms with Gasteiger partial charge in [0.15, 0.2) is 11.2 Å². The van der Waals surface area contributed by atoms with E-state index in [1.54, 1.807) is 20.8 Å². The van der Waals surface area contributed by atoms with Gasteiger partial charge in [-0.3, -0.25) is 4.79 Å². The van der Waals surface area contributed by atoms with Crippen LogP contribution in [0, 0.1) is 0 Å². The standard InChI is InChI=1S/C15H17F3N2O4.C8H4F3NO2/c1-14(2,3)23-13(21)19-7-8-22-12-9-5-4-6-10(15(16,17)18)11(9)24-20-12;9-8(10,11)5-3-1-2-4-6(5)14-12-7(4)13/h4-6H,7-8H2,1-3H3,(H,19,21);1-3H,(H,12,13). The Labute approximate surface area is 209 Å². The number of alkyl halides is 6. The van der Waals surface area contributed by atoms with Crippen molar-refractivity contribution in [2.75, 3.05) is 13.2 Å². The lowest BCUT2D eigenvalue weighted by molar-refractivity contribution is -0.137. The smallest absolute Gasteiger partial charge is 0.420 e. The summed E-state index contributed by atoms with van der Waals surface area (Å²) in [7, 11) is 0. The third-order valence-electron chi connectivity index (χ3n) is 4.59. The lowest BCUT2D eigenvalue weighted by Crippen LogP contribution is -2.34. The first kappa shape index (κ1) is 28.4. The predicted octanol–water partition coefficient (Wildman–Crippen LogP) is 5.89. The fraction of sp³-hybridized carbons (Fsp3) is 0.348. The SMILES string of the molecule is CC(C)(C)OC(=O)NCCOc1noc2c(C(F)(F)F)cccc12.O=c1[nH]oc2c(C(F)(F)F)cccc12. The molecule has 38 heavy (non-hydrogen) atoms. The Kier molecular flexibility index (Phi) is 7.98. The van der Waals surface area contributed by atoms with Crippen LogP contribution in [0.5, 0.6) is 5.88 Å². The molecule has 15 heteroatoms. The van der Waals surface area contributed by atoms with Gasteiger partial charge in [-0.1, -0.05) is 12.1 Å². The number of carbonyl (C=O) groups excluding carboxylic acids is 1. The van der Waals surface area contributed by atoms with Crippen LogP contribution in [0.2, 0.25) is 0 Å². The van der Waals surface area contributed by atoms with Crippen molar-refractivity contribution in [1.29, 1.82) is 0 Å². The number of carbonyl (C=O) groups is 1. The molecule has 2 aromatic heterocycles. The van der Waals surface area contributed by atoms with Crippen LogP contribution in [0.25, 0.3) is 21.9 Å². The molecule has 206 valence electrons. The minimum absolute atomic E-state index is 0.00286. The Morgan fingerprint density at radius 1 is 0.947 bits per heavy atom. The van der Waals surface area contributed by atoms with E-state index in [1.165, 1.54) is 18.2 Å². The molecule has 0 fully saturated rings. The summed E-state index contributed by atoms with van der Waals surface area (Å²) in [6.45, 7) is 5.27. The van der Waals surface area contributed by atoms with Gasteiger partial charge < -0.3 is 23.8 Å². The zero-order chi connectivity index (χ0) is 28.3. The van der Waals surface area contributed by atoms with Gasteiger partial charge in [0.05, 0.1) is 17.3 Å². The number of H-pyrrole nitrogens is 1. The normalized spacial score (nSPS) is 12.2. The number of hydrogen-bond donors (Lipinski definition) is 2. The Morgan fingerprint density at radius 3 is 2.11 bits per heavy atom. The average molecular weight is 549 g/mol. The van der Waals surface area contributed by atoms with Crippen LogP contribution in [-0.4, -0.2) is 35.2 Å². The van der Waals surface area contributed by atoms with E-state index in [9.17, 15) is 35.9 Å². The minimum Gasteiger partial charge on any atom is -0.473 e. The molecule has 0 aliphatic heterocycles. The number of hydrogen-bond acceptors (Lipinski definition) is 7. The summed E-state index contributed by atoms with van der Waals surface area (Å²) in [5.41, 5.74) is -4.00. The largest absolute Gasteiger partial charge is 0.473 e. The maximum absolute atomic E-state index is 12.9. The van der Waals surface area contributed by atoms with Crippen LogP contribution in [0.15, 0.2) is 50.2 Å². The highest BCUT2D eigenvalue weighted by Crippen LogP contribution is 2.37. The number of halogens is 6. The predicted molar refractivity (Wildman–Crippen MR) is 121 cm³/mol. The van der Waals surface area contributed by atoms with Crippen LogP contribution < -0.4 is 15.6 Å². The molecule has 2 N–H and O–H groups in total. The lowest BCUT2D eigenvalue weighted by atomic mass is 10.1. The number of amides is 1. The molecule has 2 heterocycles. The van der Waals surface area contributed by atoms with E-state index in [0.717, 1.165) is 18.2 Å². The molecule has 0 bridgehead atoms.